The first-order chi connectivity index (χ1) is 9.15. The van der Waals surface area contributed by atoms with E-state index in [1.54, 1.807) is 13.3 Å². The van der Waals surface area contributed by atoms with Crippen LogP contribution < -0.4 is 16.0 Å². The number of aryl methyl sites for hydroxylation is 2. The van der Waals surface area contributed by atoms with Gasteiger partial charge in [-0.15, -0.1) is 0 Å². The van der Waals surface area contributed by atoms with Crippen molar-refractivity contribution in [2.45, 2.75) is 19.9 Å². The molecule has 1 heterocycles. The zero-order chi connectivity index (χ0) is 13.8. The first-order valence-corrected chi connectivity index (χ1v) is 6.19. The van der Waals surface area contributed by atoms with E-state index in [4.69, 9.17) is 10.6 Å². The van der Waals surface area contributed by atoms with Crippen molar-refractivity contribution in [3.05, 3.63) is 58.9 Å². The highest BCUT2D eigenvalue weighted by Crippen LogP contribution is 2.26. The van der Waals surface area contributed by atoms with Crippen molar-refractivity contribution in [2.24, 2.45) is 5.84 Å². The van der Waals surface area contributed by atoms with Gasteiger partial charge in [0.1, 0.15) is 5.75 Å². The second kappa shape index (κ2) is 5.82. The van der Waals surface area contributed by atoms with Crippen LogP contribution in [0.2, 0.25) is 0 Å². The van der Waals surface area contributed by atoms with E-state index in [1.165, 1.54) is 0 Å². The number of aromatic nitrogens is 1. The van der Waals surface area contributed by atoms with Crippen molar-refractivity contribution in [3.8, 4) is 5.75 Å². The molecule has 3 N–H and O–H groups in total. The van der Waals surface area contributed by atoms with Crippen LogP contribution in [-0.4, -0.2) is 12.1 Å². The Morgan fingerprint density at radius 2 is 2.00 bits per heavy atom. The summed E-state index contributed by atoms with van der Waals surface area (Å²) in [7, 11) is 1.66. The highest BCUT2D eigenvalue weighted by molar-refractivity contribution is 5.40. The van der Waals surface area contributed by atoms with Crippen LogP contribution in [0.3, 0.4) is 0 Å². The van der Waals surface area contributed by atoms with Crippen molar-refractivity contribution >= 4 is 0 Å². The van der Waals surface area contributed by atoms with Crippen LogP contribution in [0.4, 0.5) is 0 Å². The zero-order valence-electron chi connectivity index (χ0n) is 11.5. The lowest BCUT2D eigenvalue weighted by Gasteiger charge is -2.19. The number of nitrogens with one attached hydrogen (secondary N) is 1. The SMILES string of the molecule is COc1ccc(C(NN)c2cc(C)ccn2)c(C)c1. The molecule has 0 radical (unpaired) electrons. The topological polar surface area (TPSA) is 60.2 Å². The van der Waals surface area contributed by atoms with Crippen LogP contribution in [0.5, 0.6) is 5.75 Å². The van der Waals surface area contributed by atoms with Crippen LogP contribution >= 0.6 is 0 Å². The third kappa shape index (κ3) is 2.92. The molecule has 0 fully saturated rings. The Kier molecular flexibility index (Phi) is 4.14. The van der Waals surface area contributed by atoms with Gasteiger partial charge in [0.15, 0.2) is 0 Å². The van der Waals surface area contributed by atoms with E-state index in [2.05, 4.69) is 10.4 Å². The van der Waals surface area contributed by atoms with Crippen LogP contribution in [-0.2, 0) is 0 Å². The van der Waals surface area contributed by atoms with Gasteiger partial charge in [-0.25, -0.2) is 5.43 Å². The maximum atomic E-state index is 5.71. The Bertz CT molecular complexity index is 569. The van der Waals surface area contributed by atoms with Gasteiger partial charge in [-0.3, -0.25) is 10.8 Å². The number of benzene rings is 1. The standard InChI is InChI=1S/C15H19N3O/c1-10-6-7-17-14(8-10)15(18-16)13-5-4-12(19-3)9-11(13)2/h4-9,15,18H,16H2,1-3H3. The summed E-state index contributed by atoms with van der Waals surface area (Å²) in [6.45, 7) is 4.08. The van der Waals surface area contributed by atoms with Crippen LogP contribution in [0.15, 0.2) is 36.5 Å². The van der Waals surface area contributed by atoms with Crippen molar-refractivity contribution in [3.63, 3.8) is 0 Å². The van der Waals surface area contributed by atoms with E-state index in [-0.39, 0.29) is 6.04 Å². The lowest BCUT2D eigenvalue weighted by atomic mass is 9.98. The van der Waals surface area contributed by atoms with Gasteiger partial charge in [0.2, 0.25) is 0 Å². The van der Waals surface area contributed by atoms with E-state index in [0.29, 0.717) is 0 Å². The molecule has 4 heteroatoms. The smallest absolute Gasteiger partial charge is 0.119 e. The Morgan fingerprint density at radius 3 is 2.58 bits per heavy atom. The number of hydrazine groups is 1. The molecule has 0 aliphatic carbocycles. The van der Waals surface area contributed by atoms with E-state index < -0.39 is 0 Å². The predicted molar refractivity (Wildman–Crippen MR) is 75.9 cm³/mol. The summed E-state index contributed by atoms with van der Waals surface area (Å²) >= 11 is 0. The quantitative estimate of drug-likeness (QED) is 0.651. The molecular weight excluding hydrogens is 238 g/mol. The first-order valence-electron chi connectivity index (χ1n) is 6.19. The summed E-state index contributed by atoms with van der Waals surface area (Å²) in [5.41, 5.74) is 7.13. The largest absolute Gasteiger partial charge is 0.497 e. The predicted octanol–water partition coefficient (Wildman–Crippen LogP) is 2.26. The van der Waals surface area contributed by atoms with Gasteiger partial charge in [-0.2, -0.15) is 0 Å². The Hall–Kier alpha value is -1.91. The maximum Gasteiger partial charge on any atom is 0.119 e. The summed E-state index contributed by atoms with van der Waals surface area (Å²) in [4.78, 5) is 4.40. The Labute approximate surface area is 113 Å². The zero-order valence-corrected chi connectivity index (χ0v) is 11.5. The number of hydrogen-bond donors (Lipinski definition) is 2. The lowest BCUT2D eigenvalue weighted by Crippen LogP contribution is -2.30. The van der Waals surface area contributed by atoms with E-state index >= 15 is 0 Å². The molecule has 2 rings (SSSR count). The van der Waals surface area contributed by atoms with Crippen molar-refractivity contribution in [1.82, 2.24) is 10.4 Å². The molecule has 100 valence electrons. The summed E-state index contributed by atoms with van der Waals surface area (Å²) in [6.07, 6.45) is 1.80. The maximum absolute atomic E-state index is 5.71. The molecule has 0 aliphatic heterocycles. The molecule has 1 aromatic carbocycles. The van der Waals surface area contributed by atoms with E-state index in [0.717, 1.165) is 28.1 Å². The molecule has 0 spiro atoms. The monoisotopic (exact) mass is 257 g/mol. The molecular formula is C15H19N3O. The number of hydrogen-bond acceptors (Lipinski definition) is 4. The highest BCUT2D eigenvalue weighted by Gasteiger charge is 2.16. The normalized spacial score (nSPS) is 12.2. The van der Waals surface area contributed by atoms with Crippen LogP contribution in [0.25, 0.3) is 0 Å². The second-order valence-corrected chi connectivity index (χ2v) is 4.58. The van der Waals surface area contributed by atoms with Gasteiger partial charge in [0.25, 0.3) is 0 Å². The third-order valence-electron chi connectivity index (χ3n) is 3.19. The van der Waals surface area contributed by atoms with Crippen LogP contribution in [0, 0.1) is 13.8 Å². The molecule has 0 saturated carbocycles. The molecule has 0 bridgehead atoms. The fourth-order valence-electron chi connectivity index (χ4n) is 2.15. The number of pyridine rings is 1. The van der Waals surface area contributed by atoms with Gasteiger partial charge < -0.3 is 4.74 Å². The molecule has 2 aromatic rings. The number of methoxy groups -OCH3 is 1. The van der Waals surface area contributed by atoms with Crippen molar-refractivity contribution < 1.29 is 4.74 Å². The fraction of sp³-hybridized carbons (Fsp3) is 0.267. The summed E-state index contributed by atoms with van der Waals surface area (Å²) < 4.78 is 5.22. The minimum Gasteiger partial charge on any atom is -0.497 e. The average molecular weight is 257 g/mol. The van der Waals surface area contributed by atoms with Crippen molar-refractivity contribution in [1.29, 1.82) is 0 Å². The van der Waals surface area contributed by atoms with Gasteiger partial charge >= 0.3 is 0 Å². The van der Waals surface area contributed by atoms with E-state index in [9.17, 15) is 0 Å². The summed E-state index contributed by atoms with van der Waals surface area (Å²) in [5.74, 6) is 6.55. The molecule has 1 unspecified atom stereocenters. The molecule has 0 amide bonds. The molecule has 4 nitrogen and oxygen atoms in total. The highest BCUT2D eigenvalue weighted by atomic mass is 16.5. The minimum absolute atomic E-state index is 0.120. The Morgan fingerprint density at radius 1 is 1.21 bits per heavy atom. The second-order valence-electron chi connectivity index (χ2n) is 4.58. The Balaban J connectivity index is 2.42. The number of rotatable bonds is 4. The molecule has 1 aromatic heterocycles. The van der Waals surface area contributed by atoms with Crippen molar-refractivity contribution in [2.75, 3.05) is 7.11 Å². The summed E-state index contributed by atoms with van der Waals surface area (Å²) in [6, 6.07) is 9.83. The fourth-order valence-corrected chi connectivity index (χ4v) is 2.15. The number of ether oxygens (including phenoxy) is 1. The van der Waals surface area contributed by atoms with Gasteiger partial charge in [-0.05, 0) is 54.8 Å². The third-order valence-corrected chi connectivity index (χ3v) is 3.19. The lowest BCUT2D eigenvalue weighted by molar-refractivity contribution is 0.414. The van der Waals surface area contributed by atoms with E-state index in [1.807, 2.05) is 44.2 Å². The summed E-state index contributed by atoms with van der Waals surface area (Å²) in [5, 5.41) is 0. The van der Waals surface area contributed by atoms with Gasteiger partial charge in [0, 0.05) is 6.20 Å². The average Bonchev–Trinajstić information content (AvgIpc) is 2.41. The molecule has 0 aliphatic rings. The van der Waals surface area contributed by atoms with Gasteiger partial charge in [-0.1, -0.05) is 6.07 Å². The minimum atomic E-state index is -0.120. The molecule has 0 saturated heterocycles. The first kappa shape index (κ1) is 13.5. The number of nitrogens with zero attached hydrogens (tertiary/aromatic N) is 1. The van der Waals surface area contributed by atoms with Gasteiger partial charge in [0.05, 0.1) is 18.8 Å². The van der Waals surface area contributed by atoms with Crippen LogP contribution in [0.1, 0.15) is 28.4 Å². The number of nitrogens with two attached hydrogens (primary N) is 1. The molecule has 1 atom stereocenters. The molecule has 19 heavy (non-hydrogen) atoms.